The zero-order chi connectivity index (χ0) is 16.1. The number of nitrogens with one attached hydrogen (secondary N) is 1. The van der Waals surface area contributed by atoms with Crippen molar-refractivity contribution in [1.82, 2.24) is 0 Å². The summed E-state index contributed by atoms with van der Waals surface area (Å²) in [6.07, 6.45) is 0. The van der Waals surface area contributed by atoms with E-state index in [1.54, 1.807) is 0 Å². The van der Waals surface area contributed by atoms with Crippen LogP contribution in [0.4, 0.5) is 5.69 Å². The highest BCUT2D eigenvalue weighted by Gasteiger charge is 2.20. The number of anilines is 1. The Labute approximate surface area is 144 Å². The Morgan fingerprint density at radius 1 is 1.18 bits per heavy atom. The predicted molar refractivity (Wildman–Crippen MR) is 94.0 cm³/mol. The SMILES string of the molecule is C[C@H]([NH2+][C@H](C)c1cccc(Cl)c1)C(=O)Nc1ccc(Br)cc1. The molecule has 0 heterocycles. The molecule has 0 unspecified atom stereocenters. The Balaban J connectivity index is 1.94. The number of halogens is 2. The number of benzene rings is 2. The molecule has 116 valence electrons. The lowest BCUT2D eigenvalue weighted by Gasteiger charge is -2.17. The van der Waals surface area contributed by atoms with Crippen molar-refractivity contribution in [2.75, 3.05) is 5.32 Å². The summed E-state index contributed by atoms with van der Waals surface area (Å²) in [4.78, 5) is 12.3. The lowest BCUT2D eigenvalue weighted by Crippen LogP contribution is -2.91. The second-order valence-corrected chi connectivity index (χ2v) is 6.67. The van der Waals surface area contributed by atoms with Crippen LogP contribution in [0.25, 0.3) is 0 Å². The molecular weight excluding hydrogens is 364 g/mol. The van der Waals surface area contributed by atoms with Gasteiger partial charge in [-0.1, -0.05) is 39.7 Å². The first-order valence-electron chi connectivity index (χ1n) is 7.12. The van der Waals surface area contributed by atoms with E-state index in [1.807, 2.05) is 60.8 Å². The van der Waals surface area contributed by atoms with E-state index < -0.39 is 0 Å². The van der Waals surface area contributed by atoms with Gasteiger partial charge in [-0.3, -0.25) is 4.79 Å². The number of carbonyl (C=O) groups excluding carboxylic acids is 1. The van der Waals surface area contributed by atoms with Crippen molar-refractivity contribution in [1.29, 1.82) is 0 Å². The number of hydrogen-bond donors (Lipinski definition) is 2. The molecule has 1 amide bonds. The molecule has 0 radical (unpaired) electrons. The highest BCUT2D eigenvalue weighted by atomic mass is 79.9. The monoisotopic (exact) mass is 381 g/mol. The molecule has 0 aliphatic rings. The van der Waals surface area contributed by atoms with Crippen molar-refractivity contribution in [3.8, 4) is 0 Å². The second kappa shape index (κ2) is 7.77. The van der Waals surface area contributed by atoms with Crippen molar-refractivity contribution in [2.24, 2.45) is 0 Å². The van der Waals surface area contributed by atoms with Gasteiger partial charge in [0.2, 0.25) is 0 Å². The van der Waals surface area contributed by atoms with Crippen LogP contribution in [-0.2, 0) is 4.79 Å². The summed E-state index contributed by atoms with van der Waals surface area (Å²) >= 11 is 9.39. The van der Waals surface area contributed by atoms with Gasteiger partial charge in [0.1, 0.15) is 6.04 Å². The number of amides is 1. The van der Waals surface area contributed by atoms with Crippen molar-refractivity contribution >= 4 is 39.1 Å². The lowest BCUT2D eigenvalue weighted by molar-refractivity contribution is -0.709. The summed E-state index contributed by atoms with van der Waals surface area (Å²) in [5, 5.41) is 5.66. The fourth-order valence-electron chi connectivity index (χ4n) is 2.21. The maximum Gasteiger partial charge on any atom is 0.282 e. The molecule has 0 aliphatic heterocycles. The van der Waals surface area contributed by atoms with Gasteiger partial charge in [-0.15, -0.1) is 0 Å². The first kappa shape index (κ1) is 17.0. The molecular formula is C17H19BrClN2O+. The third kappa shape index (κ3) is 4.83. The first-order valence-corrected chi connectivity index (χ1v) is 8.29. The van der Waals surface area contributed by atoms with Crippen molar-refractivity contribution in [3.05, 3.63) is 63.6 Å². The molecule has 0 bridgehead atoms. The topological polar surface area (TPSA) is 45.7 Å². The fraction of sp³-hybridized carbons (Fsp3) is 0.235. The Kier molecular flexibility index (Phi) is 6.00. The van der Waals surface area contributed by atoms with Crippen LogP contribution >= 0.6 is 27.5 Å². The molecule has 2 aromatic rings. The molecule has 2 aromatic carbocycles. The highest BCUT2D eigenvalue weighted by Crippen LogP contribution is 2.16. The van der Waals surface area contributed by atoms with E-state index in [0.717, 1.165) is 15.7 Å². The third-order valence-electron chi connectivity index (χ3n) is 3.48. The van der Waals surface area contributed by atoms with Gasteiger partial charge in [0.25, 0.3) is 5.91 Å². The van der Waals surface area contributed by atoms with Crippen molar-refractivity contribution < 1.29 is 10.1 Å². The maximum atomic E-state index is 12.3. The summed E-state index contributed by atoms with van der Waals surface area (Å²) < 4.78 is 0.986. The summed E-state index contributed by atoms with van der Waals surface area (Å²) in [5.74, 6) is -0.0174. The predicted octanol–water partition coefficient (Wildman–Crippen LogP) is 3.75. The smallest absolute Gasteiger partial charge is 0.282 e. The fourth-order valence-corrected chi connectivity index (χ4v) is 2.67. The summed E-state index contributed by atoms with van der Waals surface area (Å²) in [7, 11) is 0. The minimum Gasteiger partial charge on any atom is -0.330 e. The minimum atomic E-state index is -0.197. The summed E-state index contributed by atoms with van der Waals surface area (Å²) in [6, 6.07) is 15.2. The van der Waals surface area contributed by atoms with Crippen LogP contribution in [0.1, 0.15) is 25.5 Å². The molecule has 0 spiro atoms. The Morgan fingerprint density at radius 3 is 2.50 bits per heavy atom. The highest BCUT2D eigenvalue weighted by molar-refractivity contribution is 9.10. The average Bonchev–Trinajstić information content (AvgIpc) is 2.49. The molecule has 0 saturated heterocycles. The van der Waals surface area contributed by atoms with Crippen molar-refractivity contribution in [3.63, 3.8) is 0 Å². The minimum absolute atomic E-state index is 0.0174. The van der Waals surface area contributed by atoms with Crippen LogP contribution < -0.4 is 10.6 Å². The zero-order valence-electron chi connectivity index (χ0n) is 12.5. The van der Waals surface area contributed by atoms with Crippen molar-refractivity contribution in [2.45, 2.75) is 25.9 Å². The van der Waals surface area contributed by atoms with Crippen LogP contribution in [-0.4, -0.2) is 11.9 Å². The van der Waals surface area contributed by atoms with E-state index in [9.17, 15) is 4.79 Å². The number of hydrogen-bond acceptors (Lipinski definition) is 1. The molecule has 5 heteroatoms. The first-order chi connectivity index (χ1) is 10.5. The normalized spacial score (nSPS) is 13.5. The average molecular weight is 383 g/mol. The van der Waals surface area contributed by atoms with E-state index in [2.05, 4.69) is 28.2 Å². The van der Waals surface area contributed by atoms with E-state index in [1.165, 1.54) is 0 Å². The Bertz CT molecular complexity index is 645. The number of carbonyl (C=O) groups is 1. The van der Waals surface area contributed by atoms with Crippen LogP contribution in [0.3, 0.4) is 0 Å². The van der Waals surface area contributed by atoms with E-state index in [0.29, 0.717) is 5.02 Å². The molecule has 0 saturated carbocycles. The van der Waals surface area contributed by atoms with Gasteiger partial charge in [-0.2, -0.15) is 0 Å². The molecule has 0 aliphatic carbocycles. The van der Waals surface area contributed by atoms with Gasteiger partial charge < -0.3 is 10.6 Å². The maximum absolute atomic E-state index is 12.3. The Morgan fingerprint density at radius 2 is 1.86 bits per heavy atom. The molecule has 22 heavy (non-hydrogen) atoms. The van der Waals surface area contributed by atoms with Gasteiger partial charge in [-0.05, 0) is 50.2 Å². The number of quaternary nitrogens is 1. The quantitative estimate of drug-likeness (QED) is 0.812. The molecule has 3 N–H and O–H groups in total. The largest absolute Gasteiger partial charge is 0.330 e. The Hall–Kier alpha value is -1.36. The number of nitrogens with two attached hydrogens (primary N) is 1. The molecule has 0 aromatic heterocycles. The van der Waals surface area contributed by atoms with Gasteiger partial charge in [0.05, 0.1) is 0 Å². The van der Waals surface area contributed by atoms with Crippen LogP contribution in [0.15, 0.2) is 53.0 Å². The molecule has 2 rings (SSSR count). The van der Waals surface area contributed by atoms with Gasteiger partial charge in [-0.25, -0.2) is 0 Å². The van der Waals surface area contributed by atoms with E-state index >= 15 is 0 Å². The second-order valence-electron chi connectivity index (χ2n) is 5.32. The standard InChI is InChI=1S/C17H18BrClN2O/c1-11(13-4-3-5-15(19)10-13)20-12(2)17(22)21-16-8-6-14(18)7-9-16/h3-12,20H,1-2H3,(H,21,22)/p+1/t11-,12+/m1/s1. The van der Waals surface area contributed by atoms with E-state index in [4.69, 9.17) is 11.6 Å². The van der Waals surface area contributed by atoms with Gasteiger partial charge in [0.15, 0.2) is 6.04 Å². The van der Waals surface area contributed by atoms with Gasteiger partial charge >= 0.3 is 0 Å². The lowest BCUT2D eigenvalue weighted by atomic mass is 10.1. The number of rotatable bonds is 5. The molecule has 2 atom stereocenters. The van der Waals surface area contributed by atoms with Crippen LogP contribution in [0.2, 0.25) is 5.02 Å². The van der Waals surface area contributed by atoms with Crippen LogP contribution in [0.5, 0.6) is 0 Å². The van der Waals surface area contributed by atoms with Gasteiger partial charge in [0, 0.05) is 20.7 Å². The summed E-state index contributed by atoms with van der Waals surface area (Å²) in [5.41, 5.74) is 1.90. The third-order valence-corrected chi connectivity index (χ3v) is 4.24. The van der Waals surface area contributed by atoms with E-state index in [-0.39, 0.29) is 18.0 Å². The molecule has 0 fully saturated rings. The zero-order valence-corrected chi connectivity index (χ0v) is 14.9. The summed E-state index contributed by atoms with van der Waals surface area (Å²) in [6.45, 7) is 3.96. The van der Waals surface area contributed by atoms with Crippen LogP contribution in [0, 0.1) is 0 Å². The molecule has 3 nitrogen and oxygen atoms in total.